The van der Waals surface area contributed by atoms with Gasteiger partial charge in [0.15, 0.2) is 0 Å². The van der Waals surface area contributed by atoms with E-state index in [4.69, 9.17) is 11.6 Å². The van der Waals surface area contributed by atoms with Crippen molar-refractivity contribution in [3.63, 3.8) is 0 Å². The van der Waals surface area contributed by atoms with Crippen molar-refractivity contribution >= 4 is 38.3 Å². The van der Waals surface area contributed by atoms with E-state index < -0.39 is 10.0 Å². The molecule has 0 spiro atoms. The van der Waals surface area contributed by atoms with E-state index in [2.05, 4.69) is 14.3 Å². The fourth-order valence-electron chi connectivity index (χ4n) is 2.65. The van der Waals surface area contributed by atoms with Crippen LogP contribution in [-0.2, 0) is 16.4 Å². The molecule has 1 aliphatic heterocycles. The van der Waals surface area contributed by atoms with E-state index in [9.17, 15) is 8.42 Å². The highest BCUT2D eigenvalue weighted by atomic mass is 35.5. The summed E-state index contributed by atoms with van der Waals surface area (Å²) in [5.74, 6) is 0.779. The molecule has 0 amide bonds. The van der Waals surface area contributed by atoms with Gasteiger partial charge in [0.1, 0.15) is 5.82 Å². The van der Waals surface area contributed by atoms with E-state index in [0.29, 0.717) is 31.1 Å². The van der Waals surface area contributed by atoms with E-state index in [1.807, 2.05) is 24.3 Å². The number of anilines is 1. The molecule has 0 N–H and O–H groups in total. The molecule has 2 aromatic rings. The van der Waals surface area contributed by atoms with Gasteiger partial charge < -0.3 is 4.90 Å². The Morgan fingerprint density at radius 1 is 1.17 bits per heavy atom. The topological polar surface area (TPSA) is 66.4 Å². The van der Waals surface area contributed by atoms with Gasteiger partial charge in [-0.25, -0.2) is 17.7 Å². The predicted octanol–water partition coefficient (Wildman–Crippen LogP) is 2.25. The fourth-order valence-corrected chi connectivity index (χ4v) is 4.38. The zero-order valence-electron chi connectivity index (χ0n) is 13.4. The largest absolute Gasteiger partial charge is 0.345 e. The second-order valence-electron chi connectivity index (χ2n) is 5.80. The summed E-state index contributed by atoms with van der Waals surface area (Å²) >= 11 is 7.26. The SMILES string of the molecule is CS(=O)(=O)N1CCCN(c2nc(Cc3ccc(Cl)cc3)ns2)CC1. The molecule has 0 aliphatic carbocycles. The first-order chi connectivity index (χ1) is 11.4. The molecule has 6 nitrogen and oxygen atoms in total. The third kappa shape index (κ3) is 4.44. The van der Waals surface area contributed by atoms with Gasteiger partial charge in [-0.05, 0) is 24.1 Å². The van der Waals surface area contributed by atoms with Crippen molar-refractivity contribution in [2.24, 2.45) is 0 Å². The van der Waals surface area contributed by atoms with Gasteiger partial charge in [0.25, 0.3) is 0 Å². The Bertz CT molecular complexity index is 792. The first-order valence-electron chi connectivity index (χ1n) is 7.69. The number of rotatable bonds is 4. The minimum absolute atomic E-state index is 0.491. The molecule has 3 rings (SSSR count). The van der Waals surface area contributed by atoms with Crippen LogP contribution in [-0.4, -0.2) is 54.5 Å². The Labute approximate surface area is 151 Å². The second kappa shape index (κ2) is 7.35. The number of hydrogen-bond donors (Lipinski definition) is 0. The van der Waals surface area contributed by atoms with Crippen molar-refractivity contribution in [2.75, 3.05) is 37.3 Å². The molecule has 0 radical (unpaired) electrons. The predicted molar refractivity (Wildman–Crippen MR) is 97.4 cm³/mol. The van der Waals surface area contributed by atoms with E-state index in [-0.39, 0.29) is 0 Å². The fraction of sp³-hybridized carbons (Fsp3) is 0.467. The molecule has 9 heteroatoms. The van der Waals surface area contributed by atoms with Crippen LogP contribution in [0.5, 0.6) is 0 Å². The minimum atomic E-state index is -3.13. The van der Waals surface area contributed by atoms with Crippen LogP contribution in [0.1, 0.15) is 17.8 Å². The van der Waals surface area contributed by atoms with Crippen molar-refractivity contribution in [3.05, 3.63) is 40.7 Å². The van der Waals surface area contributed by atoms with Gasteiger partial charge in [0.05, 0.1) is 6.26 Å². The van der Waals surface area contributed by atoms with Gasteiger partial charge in [-0.2, -0.15) is 4.37 Å². The molecule has 1 fully saturated rings. The standard InChI is InChI=1S/C15H19ClN4O2S2/c1-24(21,22)20-8-2-7-19(9-10-20)15-17-14(18-23-15)11-12-3-5-13(16)6-4-12/h3-6H,2,7-11H2,1H3. The summed E-state index contributed by atoms with van der Waals surface area (Å²) in [6.45, 7) is 2.49. The molecule has 0 bridgehead atoms. The first-order valence-corrected chi connectivity index (χ1v) is 10.7. The zero-order valence-corrected chi connectivity index (χ0v) is 15.7. The molecule has 24 heavy (non-hydrogen) atoms. The third-order valence-electron chi connectivity index (χ3n) is 3.93. The second-order valence-corrected chi connectivity index (χ2v) is 8.95. The van der Waals surface area contributed by atoms with Crippen LogP contribution in [0.15, 0.2) is 24.3 Å². The number of hydrogen-bond acceptors (Lipinski definition) is 6. The smallest absolute Gasteiger partial charge is 0.211 e. The van der Waals surface area contributed by atoms with Crippen LogP contribution in [0, 0.1) is 0 Å². The summed E-state index contributed by atoms with van der Waals surface area (Å²) in [4.78, 5) is 6.73. The van der Waals surface area contributed by atoms with Gasteiger partial charge >= 0.3 is 0 Å². The van der Waals surface area contributed by atoms with Crippen molar-refractivity contribution < 1.29 is 8.42 Å². The Balaban J connectivity index is 1.66. The number of nitrogens with zero attached hydrogens (tertiary/aromatic N) is 4. The molecule has 0 saturated carbocycles. The maximum absolute atomic E-state index is 11.7. The molecule has 0 unspecified atom stereocenters. The molecule has 1 aliphatic rings. The van der Waals surface area contributed by atoms with Crippen molar-refractivity contribution in [2.45, 2.75) is 12.8 Å². The Morgan fingerprint density at radius 3 is 2.62 bits per heavy atom. The van der Waals surface area contributed by atoms with Crippen molar-refractivity contribution in [3.8, 4) is 0 Å². The zero-order chi connectivity index (χ0) is 17.2. The van der Waals surface area contributed by atoms with Crippen LogP contribution in [0.3, 0.4) is 0 Å². The monoisotopic (exact) mass is 386 g/mol. The number of aromatic nitrogens is 2. The molecule has 1 aromatic carbocycles. The summed E-state index contributed by atoms with van der Waals surface area (Å²) in [6, 6.07) is 7.66. The number of halogens is 1. The highest BCUT2D eigenvalue weighted by Gasteiger charge is 2.23. The lowest BCUT2D eigenvalue weighted by Gasteiger charge is -2.19. The lowest BCUT2D eigenvalue weighted by Crippen LogP contribution is -2.34. The normalized spacial score (nSPS) is 17.0. The van der Waals surface area contributed by atoms with Gasteiger partial charge in [0, 0.05) is 49.2 Å². The van der Waals surface area contributed by atoms with E-state index in [0.717, 1.165) is 29.5 Å². The Kier molecular flexibility index (Phi) is 5.39. The minimum Gasteiger partial charge on any atom is -0.345 e. The van der Waals surface area contributed by atoms with Crippen LogP contribution >= 0.6 is 23.1 Å². The molecule has 0 atom stereocenters. The van der Waals surface area contributed by atoms with Gasteiger partial charge in [-0.1, -0.05) is 23.7 Å². The molecule has 1 saturated heterocycles. The van der Waals surface area contributed by atoms with Crippen LogP contribution < -0.4 is 4.90 Å². The lowest BCUT2D eigenvalue weighted by molar-refractivity contribution is 0.437. The molecule has 130 valence electrons. The van der Waals surface area contributed by atoms with E-state index in [1.54, 1.807) is 0 Å². The van der Waals surface area contributed by atoms with Crippen molar-refractivity contribution in [1.82, 2.24) is 13.7 Å². The quantitative estimate of drug-likeness (QED) is 0.806. The van der Waals surface area contributed by atoms with Crippen molar-refractivity contribution in [1.29, 1.82) is 0 Å². The summed E-state index contributed by atoms with van der Waals surface area (Å²) < 4.78 is 29.3. The van der Waals surface area contributed by atoms with Gasteiger partial charge in [-0.3, -0.25) is 0 Å². The van der Waals surface area contributed by atoms with Gasteiger partial charge in [-0.15, -0.1) is 0 Å². The summed E-state index contributed by atoms with van der Waals surface area (Å²) in [6.07, 6.45) is 2.72. The average molecular weight is 387 g/mol. The maximum Gasteiger partial charge on any atom is 0.211 e. The highest BCUT2D eigenvalue weighted by Crippen LogP contribution is 2.21. The van der Waals surface area contributed by atoms with Crippen LogP contribution in [0.4, 0.5) is 5.13 Å². The molecular weight excluding hydrogens is 368 g/mol. The lowest BCUT2D eigenvalue weighted by atomic mass is 10.1. The highest BCUT2D eigenvalue weighted by molar-refractivity contribution is 7.88. The third-order valence-corrected chi connectivity index (χ3v) is 6.30. The summed E-state index contributed by atoms with van der Waals surface area (Å²) in [5, 5.41) is 1.57. The number of benzene rings is 1. The van der Waals surface area contributed by atoms with E-state index >= 15 is 0 Å². The summed E-state index contributed by atoms with van der Waals surface area (Å²) in [7, 11) is -3.13. The maximum atomic E-state index is 11.7. The average Bonchev–Trinajstić information content (AvgIpc) is 2.83. The van der Waals surface area contributed by atoms with Crippen LogP contribution in [0.25, 0.3) is 0 Å². The molecule has 1 aromatic heterocycles. The van der Waals surface area contributed by atoms with E-state index in [1.165, 1.54) is 22.1 Å². The molecular formula is C15H19ClN4O2S2. The molecule has 2 heterocycles. The Morgan fingerprint density at radius 2 is 1.92 bits per heavy atom. The van der Waals surface area contributed by atoms with Crippen LogP contribution in [0.2, 0.25) is 5.02 Å². The Hall–Kier alpha value is -1.22. The first kappa shape index (κ1) is 17.6. The summed E-state index contributed by atoms with van der Waals surface area (Å²) in [5.41, 5.74) is 1.11. The van der Waals surface area contributed by atoms with Gasteiger partial charge in [0.2, 0.25) is 15.2 Å². The number of sulfonamides is 1.